The van der Waals surface area contributed by atoms with Crippen LogP contribution in [0.25, 0.3) is 16.9 Å². The van der Waals surface area contributed by atoms with E-state index in [-0.39, 0.29) is 5.49 Å². The van der Waals surface area contributed by atoms with E-state index in [4.69, 9.17) is 5.41 Å². The standard InChI is InChI=1S/C21H17F3N6/c1-13-3-9-17(10-4-13)30-14(2)28-18-19(25)29(12-26-20(18)30)27-11-15-5-7-16(8-6-15)21(22,23)24/h3-12,25H,1-2H3/b25-19?,27-11-. The molecule has 30 heavy (non-hydrogen) atoms. The molecule has 0 bridgehead atoms. The molecule has 152 valence electrons. The van der Waals surface area contributed by atoms with Crippen LogP contribution in [0.1, 0.15) is 22.5 Å². The Morgan fingerprint density at radius 1 is 1.00 bits per heavy atom. The molecule has 0 fully saturated rings. The van der Waals surface area contributed by atoms with Crippen LogP contribution in [-0.2, 0) is 6.18 Å². The molecule has 1 N–H and O–H groups in total. The van der Waals surface area contributed by atoms with Gasteiger partial charge in [-0.15, -0.1) is 0 Å². The minimum atomic E-state index is -4.39. The molecule has 4 aromatic rings. The summed E-state index contributed by atoms with van der Waals surface area (Å²) in [6.45, 7) is 3.83. The second-order valence-electron chi connectivity index (χ2n) is 6.80. The average molecular weight is 410 g/mol. The van der Waals surface area contributed by atoms with Gasteiger partial charge in [-0.2, -0.15) is 18.3 Å². The van der Waals surface area contributed by atoms with Gasteiger partial charge in [0.1, 0.15) is 12.2 Å². The normalized spacial score (nSPS) is 12.2. The van der Waals surface area contributed by atoms with Gasteiger partial charge in [0, 0.05) is 5.69 Å². The minimum Gasteiger partial charge on any atom is -0.281 e. The van der Waals surface area contributed by atoms with Crippen LogP contribution < -0.4 is 5.49 Å². The van der Waals surface area contributed by atoms with E-state index in [1.807, 2.05) is 42.7 Å². The molecule has 0 amide bonds. The summed E-state index contributed by atoms with van der Waals surface area (Å²) >= 11 is 0. The summed E-state index contributed by atoms with van der Waals surface area (Å²) in [5.74, 6) is 0.680. The van der Waals surface area contributed by atoms with Crippen LogP contribution >= 0.6 is 0 Å². The second-order valence-corrected chi connectivity index (χ2v) is 6.80. The number of nitrogens with one attached hydrogen (secondary N) is 1. The predicted molar refractivity (Wildman–Crippen MR) is 107 cm³/mol. The number of alkyl halides is 3. The number of aromatic nitrogens is 4. The molecule has 2 aromatic heterocycles. The van der Waals surface area contributed by atoms with Crippen molar-refractivity contribution in [2.45, 2.75) is 20.0 Å². The van der Waals surface area contributed by atoms with Crippen molar-refractivity contribution >= 4 is 17.4 Å². The quantitative estimate of drug-likeness (QED) is 0.514. The van der Waals surface area contributed by atoms with Crippen LogP contribution in [0.5, 0.6) is 0 Å². The number of imidazole rings is 1. The highest BCUT2D eigenvalue weighted by atomic mass is 19.4. The summed E-state index contributed by atoms with van der Waals surface area (Å²) in [4.78, 5) is 8.86. The summed E-state index contributed by atoms with van der Waals surface area (Å²) < 4.78 is 41.1. The first-order valence-electron chi connectivity index (χ1n) is 9.04. The fourth-order valence-corrected chi connectivity index (χ4v) is 3.05. The summed E-state index contributed by atoms with van der Waals surface area (Å²) in [6.07, 6.45) is -1.63. The molecule has 0 aliphatic heterocycles. The van der Waals surface area contributed by atoms with E-state index in [0.717, 1.165) is 23.4 Å². The van der Waals surface area contributed by atoms with Crippen LogP contribution in [-0.4, -0.2) is 25.4 Å². The Labute approximate surface area is 169 Å². The maximum atomic E-state index is 12.7. The maximum absolute atomic E-state index is 12.7. The zero-order valence-electron chi connectivity index (χ0n) is 16.1. The van der Waals surface area contributed by atoms with Crippen molar-refractivity contribution in [1.82, 2.24) is 19.2 Å². The summed E-state index contributed by atoms with van der Waals surface area (Å²) in [6, 6.07) is 12.5. The lowest BCUT2D eigenvalue weighted by molar-refractivity contribution is -0.137. The lowest BCUT2D eigenvalue weighted by Crippen LogP contribution is -2.18. The van der Waals surface area contributed by atoms with E-state index in [9.17, 15) is 13.2 Å². The van der Waals surface area contributed by atoms with Gasteiger partial charge in [0.25, 0.3) is 0 Å². The first kappa shape index (κ1) is 19.6. The largest absolute Gasteiger partial charge is 0.416 e. The van der Waals surface area contributed by atoms with E-state index < -0.39 is 11.7 Å². The maximum Gasteiger partial charge on any atom is 0.416 e. The number of halogens is 3. The molecule has 4 rings (SSSR count). The number of aryl methyl sites for hydroxylation is 2. The number of rotatable bonds is 3. The number of nitrogens with zero attached hydrogens (tertiary/aromatic N) is 5. The first-order chi connectivity index (χ1) is 14.2. The highest BCUT2D eigenvalue weighted by Crippen LogP contribution is 2.28. The van der Waals surface area contributed by atoms with Gasteiger partial charge in [-0.3, -0.25) is 9.98 Å². The van der Waals surface area contributed by atoms with Crippen molar-refractivity contribution in [2.75, 3.05) is 0 Å². The summed E-state index contributed by atoms with van der Waals surface area (Å²) in [5.41, 5.74) is 2.69. The Morgan fingerprint density at radius 3 is 2.30 bits per heavy atom. The zero-order chi connectivity index (χ0) is 21.5. The van der Waals surface area contributed by atoms with Crippen molar-refractivity contribution in [3.63, 3.8) is 0 Å². The first-order valence-corrected chi connectivity index (χ1v) is 9.04. The molecule has 0 atom stereocenters. The zero-order valence-corrected chi connectivity index (χ0v) is 16.1. The Kier molecular flexibility index (Phi) is 4.73. The third-order valence-electron chi connectivity index (χ3n) is 4.63. The molecule has 9 heteroatoms. The topological polar surface area (TPSA) is 71.8 Å². The van der Waals surface area contributed by atoms with Crippen LogP contribution in [0.4, 0.5) is 13.2 Å². The molecule has 0 spiro atoms. The van der Waals surface area contributed by atoms with Crippen molar-refractivity contribution < 1.29 is 13.2 Å². The summed E-state index contributed by atoms with van der Waals surface area (Å²) in [7, 11) is 0. The summed E-state index contributed by atoms with van der Waals surface area (Å²) in [5, 5.41) is 12.6. The Morgan fingerprint density at radius 2 is 1.67 bits per heavy atom. The smallest absolute Gasteiger partial charge is 0.281 e. The van der Waals surface area contributed by atoms with E-state index in [0.29, 0.717) is 22.6 Å². The Bertz CT molecular complexity index is 1300. The van der Waals surface area contributed by atoms with Crippen molar-refractivity contribution in [3.8, 4) is 5.69 Å². The highest BCUT2D eigenvalue weighted by Gasteiger charge is 2.29. The monoisotopic (exact) mass is 410 g/mol. The number of hydrogen-bond acceptors (Lipinski definition) is 4. The lowest BCUT2D eigenvalue weighted by atomic mass is 10.1. The molecule has 2 aromatic carbocycles. The average Bonchev–Trinajstić information content (AvgIpc) is 3.05. The minimum absolute atomic E-state index is 0.0251. The molecule has 0 saturated carbocycles. The predicted octanol–water partition coefficient (Wildman–Crippen LogP) is 4.22. The van der Waals surface area contributed by atoms with Crippen LogP contribution in [0.15, 0.2) is 60.0 Å². The molecular weight excluding hydrogens is 393 g/mol. The SMILES string of the molecule is Cc1ccc(-n2c(C)nc3c(=N)n(/N=C\c4ccc(C(F)(F)F)cc4)cnc32)cc1. The molecular formula is C21H17F3N6. The van der Waals surface area contributed by atoms with Gasteiger partial charge in [0.15, 0.2) is 16.7 Å². The van der Waals surface area contributed by atoms with Crippen LogP contribution in [0.3, 0.4) is 0 Å². The number of hydrogen-bond donors (Lipinski definition) is 1. The van der Waals surface area contributed by atoms with Gasteiger partial charge in [-0.25, -0.2) is 14.6 Å². The fourth-order valence-electron chi connectivity index (χ4n) is 3.05. The van der Waals surface area contributed by atoms with E-state index in [1.165, 1.54) is 29.4 Å². The fraction of sp³-hybridized carbons (Fsp3) is 0.143. The van der Waals surface area contributed by atoms with Crippen molar-refractivity contribution in [1.29, 1.82) is 5.41 Å². The van der Waals surface area contributed by atoms with Gasteiger partial charge in [0.05, 0.1) is 11.8 Å². The molecule has 2 heterocycles. The molecule has 6 nitrogen and oxygen atoms in total. The molecule has 0 aliphatic carbocycles. The molecule has 0 aliphatic rings. The van der Waals surface area contributed by atoms with Crippen molar-refractivity contribution in [2.24, 2.45) is 5.10 Å². The third kappa shape index (κ3) is 3.61. The van der Waals surface area contributed by atoms with Gasteiger partial charge in [0.2, 0.25) is 0 Å². The van der Waals surface area contributed by atoms with Gasteiger partial charge >= 0.3 is 6.18 Å². The van der Waals surface area contributed by atoms with E-state index in [2.05, 4.69) is 15.1 Å². The van der Waals surface area contributed by atoms with Crippen molar-refractivity contribution in [3.05, 3.63) is 82.9 Å². The molecule has 0 unspecified atom stereocenters. The molecule has 0 radical (unpaired) electrons. The molecule has 0 saturated heterocycles. The van der Waals surface area contributed by atoms with E-state index in [1.54, 1.807) is 0 Å². The van der Waals surface area contributed by atoms with Gasteiger partial charge < -0.3 is 0 Å². The lowest BCUT2D eigenvalue weighted by Gasteiger charge is -2.07. The Hall–Kier alpha value is -3.75. The number of fused-ring (bicyclic) bond motifs is 1. The number of benzene rings is 2. The van der Waals surface area contributed by atoms with Gasteiger partial charge in [-0.05, 0) is 43.7 Å². The van der Waals surface area contributed by atoms with Crippen LogP contribution in [0.2, 0.25) is 0 Å². The Balaban J connectivity index is 1.70. The highest BCUT2D eigenvalue weighted by molar-refractivity contribution is 5.79. The van der Waals surface area contributed by atoms with Gasteiger partial charge in [-0.1, -0.05) is 29.8 Å². The van der Waals surface area contributed by atoms with Crippen LogP contribution in [0, 0.1) is 19.3 Å². The van der Waals surface area contributed by atoms with E-state index >= 15 is 0 Å². The second kappa shape index (κ2) is 7.25. The third-order valence-corrected chi connectivity index (χ3v) is 4.63.